The average molecular weight is 778 g/mol. The molecule has 14 nitrogen and oxygen atoms in total. The number of nitrogens with two attached hydrogens (primary N) is 1. The second-order valence-electron chi connectivity index (χ2n) is 16.4. The van der Waals surface area contributed by atoms with Crippen molar-refractivity contribution >= 4 is 41.1 Å². The molecule has 5 aliphatic rings. The summed E-state index contributed by atoms with van der Waals surface area (Å²) in [7, 11) is 0. The molecule has 4 fully saturated rings. The number of esters is 2. The molecule has 0 aromatic heterocycles. The van der Waals surface area contributed by atoms with Crippen molar-refractivity contribution < 1.29 is 52.8 Å². The van der Waals surface area contributed by atoms with Crippen LogP contribution in [0, 0.1) is 28.6 Å². The number of aliphatic hydroxyl groups excluding tert-OH is 1. The van der Waals surface area contributed by atoms with Gasteiger partial charge in [-0.15, -0.1) is 0 Å². The Morgan fingerprint density at radius 1 is 1.02 bits per heavy atom. The predicted octanol–water partition coefficient (Wildman–Crippen LogP) is 4.57. The van der Waals surface area contributed by atoms with Crippen LogP contribution < -0.4 is 16.4 Å². The zero-order valence-electron chi connectivity index (χ0n) is 32.5. The summed E-state index contributed by atoms with van der Waals surface area (Å²) in [5.74, 6) is -2.03. The van der Waals surface area contributed by atoms with Crippen molar-refractivity contribution in [2.45, 2.75) is 122 Å². The minimum atomic E-state index is -1.42. The summed E-state index contributed by atoms with van der Waals surface area (Å²) < 4.78 is 23.9. The van der Waals surface area contributed by atoms with E-state index in [1.807, 2.05) is 19.9 Å². The van der Waals surface area contributed by atoms with Crippen LogP contribution in [0.4, 0.5) is 10.5 Å². The third kappa shape index (κ3) is 8.19. The van der Waals surface area contributed by atoms with Crippen LogP contribution in [0.15, 0.2) is 48.1 Å². The molecule has 56 heavy (non-hydrogen) atoms. The lowest BCUT2D eigenvalue weighted by molar-refractivity contribution is -0.201. The van der Waals surface area contributed by atoms with Crippen molar-refractivity contribution in [2.24, 2.45) is 34.3 Å². The third-order valence-electron chi connectivity index (χ3n) is 12.9. The van der Waals surface area contributed by atoms with E-state index in [-0.39, 0.29) is 55.3 Å². The molecule has 8 unspecified atom stereocenters. The van der Waals surface area contributed by atoms with Gasteiger partial charge < -0.3 is 40.4 Å². The summed E-state index contributed by atoms with van der Waals surface area (Å²) in [6, 6.07) is 6.21. The molecule has 3 amide bonds. The Hall–Kier alpha value is -4.40. The first-order chi connectivity index (χ1) is 26.7. The number of allylic oxidation sites excluding steroid dienone is 4. The van der Waals surface area contributed by atoms with Gasteiger partial charge in [0.2, 0.25) is 11.7 Å². The van der Waals surface area contributed by atoms with Gasteiger partial charge in [-0.3, -0.25) is 24.0 Å². The Morgan fingerprint density at radius 2 is 1.75 bits per heavy atom. The molecule has 304 valence electrons. The van der Waals surface area contributed by atoms with E-state index in [1.165, 1.54) is 0 Å². The topological polar surface area (TPSA) is 210 Å². The number of amides is 3. The molecule has 1 heterocycles. The van der Waals surface area contributed by atoms with Gasteiger partial charge in [-0.1, -0.05) is 51.0 Å². The van der Waals surface area contributed by atoms with Crippen LogP contribution >= 0.6 is 0 Å². The van der Waals surface area contributed by atoms with Gasteiger partial charge >= 0.3 is 18.0 Å². The number of anilines is 1. The Bertz CT molecular complexity index is 1760. The number of unbranched alkanes of at least 4 members (excludes halogenated alkanes) is 1. The Morgan fingerprint density at radius 3 is 2.46 bits per heavy atom. The molecule has 0 radical (unpaired) electrons. The molecule has 1 aromatic carbocycles. The first-order valence-electron chi connectivity index (χ1n) is 19.9. The highest BCUT2D eigenvalue weighted by atomic mass is 16.7. The number of carbonyl (C=O) groups is 6. The van der Waals surface area contributed by atoms with E-state index in [1.54, 1.807) is 36.4 Å². The number of ketones is 2. The summed E-state index contributed by atoms with van der Waals surface area (Å²) in [4.78, 5) is 74.9. The summed E-state index contributed by atoms with van der Waals surface area (Å²) >= 11 is 0. The number of benzene rings is 1. The Balaban J connectivity index is 1.00. The summed E-state index contributed by atoms with van der Waals surface area (Å²) in [6.45, 7) is 5.94. The van der Waals surface area contributed by atoms with Gasteiger partial charge in [-0.25, -0.2) is 4.79 Å². The quantitative estimate of drug-likeness (QED) is 0.135. The molecule has 5 N–H and O–H groups in total. The number of aliphatic hydroxyl groups is 1. The van der Waals surface area contributed by atoms with Gasteiger partial charge in [-0.2, -0.15) is 0 Å². The summed E-state index contributed by atoms with van der Waals surface area (Å²) in [5, 5.41) is 17.2. The normalized spacial score (nSPS) is 32.6. The van der Waals surface area contributed by atoms with E-state index in [0.29, 0.717) is 49.9 Å². The molecule has 6 rings (SSSR count). The monoisotopic (exact) mass is 777 g/mol. The Kier molecular flexibility index (Phi) is 12.5. The van der Waals surface area contributed by atoms with Crippen molar-refractivity contribution in [1.29, 1.82) is 0 Å². The predicted molar refractivity (Wildman–Crippen MR) is 202 cm³/mol. The van der Waals surface area contributed by atoms with E-state index >= 15 is 0 Å². The fourth-order valence-electron chi connectivity index (χ4n) is 10.3. The number of carbonyl (C=O) groups excluding carboxylic acids is 6. The molecular formula is C42H55N3O11. The molecule has 1 aromatic rings. The minimum absolute atomic E-state index is 0.00763. The number of rotatable bonds is 16. The number of nitrogens with one attached hydrogen (secondary N) is 2. The fourth-order valence-corrected chi connectivity index (χ4v) is 10.3. The molecule has 4 aliphatic carbocycles. The number of hydrogen-bond acceptors (Lipinski definition) is 11. The zero-order valence-corrected chi connectivity index (χ0v) is 32.5. The summed E-state index contributed by atoms with van der Waals surface area (Å²) in [5.41, 5.74) is 4.66. The van der Waals surface area contributed by atoms with Gasteiger partial charge in [0, 0.05) is 35.4 Å². The lowest BCUT2D eigenvalue weighted by Crippen LogP contribution is -2.63. The van der Waals surface area contributed by atoms with Crippen LogP contribution in [-0.4, -0.2) is 77.8 Å². The second-order valence-corrected chi connectivity index (χ2v) is 16.4. The first-order valence-corrected chi connectivity index (χ1v) is 19.9. The number of hydrogen-bond donors (Lipinski definition) is 4. The largest absolute Gasteiger partial charge is 0.461 e. The van der Waals surface area contributed by atoms with Crippen LogP contribution in [0.1, 0.15) is 97.0 Å². The lowest BCUT2D eigenvalue weighted by Gasteiger charge is -2.59. The second kappa shape index (κ2) is 17.0. The van der Waals surface area contributed by atoms with Crippen LogP contribution in [0.25, 0.3) is 0 Å². The van der Waals surface area contributed by atoms with E-state index in [2.05, 4.69) is 17.6 Å². The molecule has 1 saturated heterocycles. The number of fused-ring (bicyclic) bond motifs is 7. The van der Waals surface area contributed by atoms with Crippen LogP contribution in [0.5, 0.6) is 0 Å². The highest BCUT2D eigenvalue weighted by molar-refractivity contribution is 6.01. The Labute approximate surface area is 327 Å². The number of primary amides is 1. The maximum absolute atomic E-state index is 14.4. The number of urea groups is 1. The van der Waals surface area contributed by atoms with Gasteiger partial charge in [0.1, 0.15) is 6.61 Å². The molecule has 9 atom stereocenters. The maximum Gasteiger partial charge on any atom is 0.312 e. The number of ether oxygens (including phenoxy) is 4. The molecule has 1 aliphatic heterocycles. The van der Waals surface area contributed by atoms with Gasteiger partial charge in [-0.05, 0) is 86.6 Å². The number of Topliss-reactive ketones (excluding diaryl/α,β-unsaturated/α-hetero) is 1. The highest BCUT2D eigenvalue weighted by Gasteiger charge is 2.75. The van der Waals surface area contributed by atoms with E-state index in [9.17, 15) is 33.9 Å². The van der Waals surface area contributed by atoms with Crippen LogP contribution in [-0.2, 0) is 49.5 Å². The van der Waals surface area contributed by atoms with Crippen molar-refractivity contribution in [3.05, 3.63) is 53.6 Å². The van der Waals surface area contributed by atoms with Gasteiger partial charge in [0.25, 0.3) is 0 Å². The van der Waals surface area contributed by atoms with E-state index < -0.39 is 65.3 Å². The van der Waals surface area contributed by atoms with E-state index in [0.717, 1.165) is 24.8 Å². The summed E-state index contributed by atoms with van der Waals surface area (Å²) in [6.07, 6.45) is 8.04. The maximum atomic E-state index is 14.4. The molecular weight excluding hydrogens is 722 g/mol. The minimum Gasteiger partial charge on any atom is -0.461 e. The van der Waals surface area contributed by atoms with Gasteiger partial charge in [0.15, 0.2) is 24.3 Å². The van der Waals surface area contributed by atoms with Crippen molar-refractivity contribution in [3.63, 3.8) is 0 Å². The molecule has 14 heteroatoms. The van der Waals surface area contributed by atoms with Crippen LogP contribution in [0.3, 0.4) is 0 Å². The standard InChI is InChI=1S/C42H55N3O11/c1-4-7-37-55-33-21-30-29-14-11-26-20-28(46)17-18-40(26,2)38(29)31(47)22-41(30,3)42(33,56-37)32(48)24-54-36(51)16-15-35(50)53-23-25-9-12-27(13-10-25)45-34(49)8-5-6-19-44-39(43)52/h9-10,12-13,17-18,20,29-31,33,37-38,47H,4-8,11,14-16,19,21-24H2,1-3H3,(H,45,49)(H3,43,44,52)/t29?,30?,31?,33?,37?,38?,40-,41?,42?/m1/s1. The molecule has 0 spiro atoms. The smallest absolute Gasteiger partial charge is 0.312 e. The molecule has 0 bridgehead atoms. The fraction of sp³-hybridized carbons (Fsp3) is 0.619. The van der Waals surface area contributed by atoms with Crippen molar-refractivity contribution in [2.75, 3.05) is 18.5 Å². The van der Waals surface area contributed by atoms with E-state index in [4.69, 9.17) is 24.7 Å². The van der Waals surface area contributed by atoms with Crippen molar-refractivity contribution in [1.82, 2.24) is 5.32 Å². The first kappa shape index (κ1) is 41.2. The SMILES string of the molecule is CCCC1OC2CC3C4CCC5=CC(=O)C=C[C@@]5(C)C4C(O)CC3(C)C2(C(=O)COC(=O)CCC(=O)OCc2ccc(NC(=O)CCCCNC(N)=O)cc2)O1. The highest BCUT2D eigenvalue weighted by Crippen LogP contribution is 2.69. The third-order valence-corrected chi connectivity index (χ3v) is 12.9. The molecule has 3 saturated carbocycles. The van der Waals surface area contributed by atoms with Crippen LogP contribution in [0.2, 0.25) is 0 Å². The van der Waals surface area contributed by atoms with Gasteiger partial charge in [0.05, 0.1) is 25.0 Å². The average Bonchev–Trinajstić information content (AvgIpc) is 3.64. The van der Waals surface area contributed by atoms with Crippen molar-refractivity contribution in [3.8, 4) is 0 Å². The zero-order chi connectivity index (χ0) is 40.3. The lowest BCUT2D eigenvalue weighted by atomic mass is 9.46.